The minimum Gasteiger partial charge on any atom is -0.398 e. The number of carbonyl (C=O) groups excluding carboxylic acids is 1. The summed E-state index contributed by atoms with van der Waals surface area (Å²) in [6.07, 6.45) is 0.850. The van der Waals surface area contributed by atoms with Crippen LogP contribution < -0.4 is 11.1 Å². The van der Waals surface area contributed by atoms with E-state index in [2.05, 4.69) is 5.32 Å². The Morgan fingerprint density at radius 1 is 1.47 bits per heavy atom. The highest BCUT2D eigenvalue weighted by molar-refractivity contribution is 6.41. The van der Waals surface area contributed by atoms with E-state index < -0.39 is 0 Å². The molecule has 5 heteroatoms. The fourth-order valence-electron chi connectivity index (χ4n) is 1.10. The number of nitrogens with two attached hydrogens (primary N) is 1. The number of nitrogens with one attached hydrogen (secondary N) is 1. The van der Waals surface area contributed by atoms with Gasteiger partial charge >= 0.3 is 0 Å². The van der Waals surface area contributed by atoms with Crippen LogP contribution in [0.3, 0.4) is 0 Å². The third-order valence-corrected chi connectivity index (χ3v) is 2.61. The Morgan fingerprint density at radius 3 is 2.73 bits per heavy atom. The molecule has 3 nitrogen and oxygen atoms in total. The molecule has 0 saturated carbocycles. The quantitative estimate of drug-likeness (QED) is 0.807. The average Bonchev–Trinajstić information content (AvgIpc) is 2.21. The molecule has 0 aliphatic heterocycles. The van der Waals surface area contributed by atoms with Gasteiger partial charge in [-0.2, -0.15) is 0 Å². The van der Waals surface area contributed by atoms with Gasteiger partial charge in [0.2, 0.25) is 0 Å². The molecule has 0 aliphatic carbocycles. The standard InChI is InChI=1S/C10H12Cl2N2O/c1-2-5-14-10(15)8-6(11)3-4-7(13)9(8)12/h3-4H,2,5,13H2,1H3,(H,14,15). The van der Waals surface area contributed by atoms with Crippen molar-refractivity contribution < 1.29 is 4.79 Å². The van der Waals surface area contributed by atoms with E-state index in [9.17, 15) is 4.79 Å². The van der Waals surface area contributed by atoms with Crippen LogP contribution in [-0.2, 0) is 0 Å². The van der Waals surface area contributed by atoms with Crippen molar-refractivity contribution in [1.82, 2.24) is 5.32 Å². The molecule has 3 N–H and O–H groups in total. The normalized spacial score (nSPS) is 10.1. The molecule has 0 fully saturated rings. The van der Waals surface area contributed by atoms with Crippen molar-refractivity contribution in [3.05, 3.63) is 27.7 Å². The average molecular weight is 247 g/mol. The molecule has 0 saturated heterocycles. The van der Waals surface area contributed by atoms with Gasteiger partial charge in [0.05, 0.1) is 21.3 Å². The van der Waals surface area contributed by atoms with Crippen LogP contribution in [0.1, 0.15) is 23.7 Å². The minimum absolute atomic E-state index is 0.205. The molecule has 1 aromatic carbocycles. The van der Waals surface area contributed by atoms with Crippen molar-refractivity contribution in [2.75, 3.05) is 12.3 Å². The lowest BCUT2D eigenvalue weighted by Gasteiger charge is -2.09. The van der Waals surface area contributed by atoms with Gasteiger partial charge < -0.3 is 11.1 Å². The van der Waals surface area contributed by atoms with E-state index in [-0.39, 0.29) is 16.5 Å². The number of anilines is 1. The summed E-state index contributed by atoms with van der Waals surface area (Å²) in [5.74, 6) is -0.292. The smallest absolute Gasteiger partial charge is 0.254 e. The van der Waals surface area contributed by atoms with Crippen molar-refractivity contribution in [3.8, 4) is 0 Å². The van der Waals surface area contributed by atoms with Crippen molar-refractivity contribution in [1.29, 1.82) is 0 Å². The number of nitrogen functional groups attached to an aromatic ring is 1. The second kappa shape index (κ2) is 5.24. The molecule has 0 unspecified atom stereocenters. The summed E-state index contributed by atoms with van der Waals surface area (Å²) in [4.78, 5) is 11.7. The second-order valence-corrected chi connectivity index (χ2v) is 3.87. The number of benzene rings is 1. The van der Waals surface area contributed by atoms with Crippen LogP contribution in [0.5, 0.6) is 0 Å². The van der Waals surface area contributed by atoms with E-state index in [4.69, 9.17) is 28.9 Å². The maximum absolute atomic E-state index is 11.7. The van der Waals surface area contributed by atoms with E-state index in [1.165, 1.54) is 0 Å². The summed E-state index contributed by atoms with van der Waals surface area (Å²) >= 11 is 11.8. The van der Waals surface area contributed by atoms with Crippen LogP contribution in [0.25, 0.3) is 0 Å². The summed E-state index contributed by atoms with van der Waals surface area (Å²) in [7, 11) is 0. The molecule has 0 atom stereocenters. The predicted molar refractivity (Wildman–Crippen MR) is 63.5 cm³/mol. The summed E-state index contributed by atoms with van der Waals surface area (Å²) in [5, 5.41) is 3.21. The first-order valence-corrected chi connectivity index (χ1v) is 5.35. The van der Waals surface area contributed by atoms with Gasteiger partial charge in [-0.1, -0.05) is 30.1 Å². The van der Waals surface area contributed by atoms with Crippen molar-refractivity contribution in [2.45, 2.75) is 13.3 Å². The molecular weight excluding hydrogens is 235 g/mol. The third-order valence-electron chi connectivity index (χ3n) is 1.88. The lowest BCUT2D eigenvalue weighted by molar-refractivity contribution is 0.0954. The molecule has 0 aliphatic rings. The minimum atomic E-state index is -0.292. The Labute approximate surface area is 98.5 Å². The largest absolute Gasteiger partial charge is 0.398 e. The number of hydrogen-bond donors (Lipinski definition) is 2. The highest BCUT2D eigenvalue weighted by Gasteiger charge is 2.15. The van der Waals surface area contributed by atoms with Gasteiger partial charge in [0.25, 0.3) is 5.91 Å². The molecule has 0 spiro atoms. The Kier molecular flexibility index (Phi) is 4.24. The fourth-order valence-corrected chi connectivity index (χ4v) is 1.65. The first kappa shape index (κ1) is 12.1. The van der Waals surface area contributed by atoms with Crippen LogP contribution >= 0.6 is 23.2 Å². The van der Waals surface area contributed by atoms with E-state index >= 15 is 0 Å². The van der Waals surface area contributed by atoms with Crippen LogP contribution in [0, 0.1) is 0 Å². The zero-order chi connectivity index (χ0) is 11.4. The van der Waals surface area contributed by atoms with Gasteiger partial charge in [0, 0.05) is 6.54 Å². The van der Waals surface area contributed by atoms with Gasteiger partial charge in [-0.25, -0.2) is 0 Å². The SMILES string of the molecule is CCCNC(=O)c1c(Cl)ccc(N)c1Cl. The highest BCUT2D eigenvalue weighted by Crippen LogP contribution is 2.29. The number of carbonyl (C=O) groups is 1. The van der Waals surface area contributed by atoms with Crippen molar-refractivity contribution in [3.63, 3.8) is 0 Å². The molecule has 1 rings (SSSR count). The van der Waals surface area contributed by atoms with Gasteiger partial charge in [0.1, 0.15) is 0 Å². The molecule has 0 bridgehead atoms. The van der Waals surface area contributed by atoms with Crippen molar-refractivity contribution in [2.24, 2.45) is 0 Å². The zero-order valence-electron chi connectivity index (χ0n) is 8.31. The van der Waals surface area contributed by atoms with E-state index in [0.717, 1.165) is 6.42 Å². The Hall–Kier alpha value is -0.930. The number of halogens is 2. The first-order chi connectivity index (χ1) is 7.07. The lowest BCUT2D eigenvalue weighted by Crippen LogP contribution is -2.24. The Balaban J connectivity index is 3.02. The summed E-state index contributed by atoms with van der Waals surface area (Å²) in [6.45, 7) is 2.54. The van der Waals surface area contributed by atoms with Crippen LogP contribution in [0.2, 0.25) is 10.0 Å². The van der Waals surface area contributed by atoms with Gasteiger partial charge in [0.15, 0.2) is 0 Å². The number of rotatable bonds is 3. The third kappa shape index (κ3) is 2.76. The first-order valence-electron chi connectivity index (χ1n) is 4.59. The molecular formula is C10H12Cl2N2O. The van der Waals surface area contributed by atoms with Crippen LogP contribution in [0.4, 0.5) is 5.69 Å². The highest BCUT2D eigenvalue weighted by atomic mass is 35.5. The molecule has 0 radical (unpaired) electrons. The van der Waals surface area contributed by atoms with E-state index in [1.807, 2.05) is 6.92 Å². The number of hydrogen-bond acceptors (Lipinski definition) is 2. The van der Waals surface area contributed by atoms with Gasteiger partial charge in [-0.15, -0.1) is 0 Å². The van der Waals surface area contributed by atoms with Crippen LogP contribution in [0.15, 0.2) is 12.1 Å². The lowest BCUT2D eigenvalue weighted by atomic mass is 10.2. The molecule has 1 aromatic rings. The summed E-state index contributed by atoms with van der Waals surface area (Å²) < 4.78 is 0. The van der Waals surface area contributed by atoms with Gasteiger partial charge in [-0.3, -0.25) is 4.79 Å². The predicted octanol–water partition coefficient (Wildman–Crippen LogP) is 2.72. The molecule has 0 aromatic heterocycles. The van der Waals surface area contributed by atoms with E-state index in [0.29, 0.717) is 17.3 Å². The van der Waals surface area contributed by atoms with Crippen LogP contribution in [-0.4, -0.2) is 12.5 Å². The zero-order valence-corrected chi connectivity index (χ0v) is 9.82. The number of amides is 1. The Morgan fingerprint density at radius 2 is 2.13 bits per heavy atom. The monoisotopic (exact) mass is 246 g/mol. The summed E-state index contributed by atoms with van der Waals surface area (Å²) in [6, 6.07) is 3.13. The molecule has 82 valence electrons. The topological polar surface area (TPSA) is 55.1 Å². The van der Waals surface area contributed by atoms with E-state index in [1.54, 1.807) is 12.1 Å². The van der Waals surface area contributed by atoms with Crippen molar-refractivity contribution >= 4 is 34.8 Å². The molecule has 0 heterocycles. The maximum Gasteiger partial charge on any atom is 0.254 e. The maximum atomic E-state index is 11.7. The second-order valence-electron chi connectivity index (χ2n) is 3.08. The summed E-state index contributed by atoms with van der Waals surface area (Å²) in [5.41, 5.74) is 6.18. The molecule has 1 amide bonds. The Bertz CT molecular complexity index is 380. The van der Waals surface area contributed by atoms with Gasteiger partial charge in [-0.05, 0) is 18.6 Å². The fraction of sp³-hybridized carbons (Fsp3) is 0.300. The molecule has 15 heavy (non-hydrogen) atoms.